The molecule has 0 aromatic rings. The SMILES string of the molecule is O=C1CCCC1S(=O)(=O)CC1CCCO1. The van der Waals surface area contributed by atoms with Gasteiger partial charge in [0.2, 0.25) is 0 Å². The highest BCUT2D eigenvalue weighted by Gasteiger charge is 2.37. The van der Waals surface area contributed by atoms with Gasteiger partial charge < -0.3 is 4.74 Å². The first-order valence-corrected chi connectivity index (χ1v) is 7.17. The van der Waals surface area contributed by atoms with E-state index in [4.69, 9.17) is 4.74 Å². The Bertz CT molecular complexity index is 340. The summed E-state index contributed by atoms with van der Waals surface area (Å²) in [6.45, 7) is 0.652. The molecule has 2 unspecified atom stereocenters. The van der Waals surface area contributed by atoms with Gasteiger partial charge in [0.15, 0.2) is 15.6 Å². The molecule has 1 saturated carbocycles. The molecule has 0 bridgehead atoms. The largest absolute Gasteiger partial charge is 0.377 e. The Kier molecular flexibility index (Phi) is 3.11. The van der Waals surface area contributed by atoms with Crippen molar-refractivity contribution in [2.45, 2.75) is 43.5 Å². The lowest BCUT2D eigenvalue weighted by Crippen LogP contribution is -2.32. The zero-order chi connectivity index (χ0) is 10.9. The molecule has 2 rings (SSSR count). The highest BCUT2D eigenvalue weighted by atomic mass is 32.2. The number of hydrogen-bond acceptors (Lipinski definition) is 4. The monoisotopic (exact) mass is 232 g/mol. The molecule has 0 aromatic heterocycles. The van der Waals surface area contributed by atoms with Gasteiger partial charge in [0.1, 0.15) is 5.25 Å². The Balaban J connectivity index is 2.02. The molecule has 1 aliphatic carbocycles. The van der Waals surface area contributed by atoms with Crippen molar-refractivity contribution in [3.05, 3.63) is 0 Å². The lowest BCUT2D eigenvalue weighted by atomic mass is 10.3. The topological polar surface area (TPSA) is 60.4 Å². The summed E-state index contributed by atoms with van der Waals surface area (Å²) in [5.41, 5.74) is 0. The minimum atomic E-state index is -3.27. The van der Waals surface area contributed by atoms with Crippen LogP contribution in [-0.4, -0.2) is 37.9 Å². The van der Waals surface area contributed by atoms with Gasteiger partial charge in [0.05, 0.1) is 11.9 Å². The summed E-state index contributed by atoms with van der Waals surface area (Å²) in [4.78, 5) is 11.4. The quantitative estimate of drug-likeness (QED) is 0.718. The molecule has 5 heteroatoms. The third-order valence-corrected chi connectivity index (χ3v) is 5.33. The zero-order valence-corrected chi connectivity index (χ0v) is 9.46. The normalized spacial score (nSPS) is 32.4. The molecule has 2 aliphatic rings. The van der Waals surface area contributed by atoms with Crippen LogP contribution >= 0.6 is 0 Å². The molecule has 2 atom stereocenters. The third kappa shape index (κ3) is 2.39. The predicted octanol–water partition coefficient (Wildman–Crippen LogP) is 0.702. The molecule has 2 fully saturated rings. The van der Waals surface area contributed by atoms with Gasteiger partial charge in [0.25, 0.3) is 0 Å². The first-order chi connectivity index (χ1) is 7.09. The molecule has 86 valence electrons. The zero-order valence-electron chi connectivity index (χ0n) is 8.65. The van der Waals surface area contributed by atoms with Crippen LogP contribution in [0.3, 0.4) is 0 Å². The number of ether oxygens (including phenoxy) is 1. The second-order valence-electron chi connectivity index (χ2n) is 4.31. The van der Waals surface area contributed by atoms with Gasteiger partial charge in [-0.2, -0.15) is 0 Å². The van der Waals surface area contributed by atoms with Gasteiger partial charge in [-0.05, 0) is 25.7 Å². The lowest BCUT2D eigenvalue weighted by molar-refractivity contribution is -0.117. The third-order valence-electron chi connectivity index (χ3n) is 3.12. The molecule has 4 nitrogen and oxygen atoms in total. The van der Waals surface area contributed by atoms with E-state index in [0.29, 0.717) is 25.9 Å². The number of ketones is 1. The number of carbonyl (C=O) groups excluding carboxylic acids is 1. The Morgan fingerprint density at radius 2 is 2.07 bits per heavy atom. The fourth-order valence-electron chi connectivity index (χ4n) is 2.31. The Morgan fingerprint density at radius 3 is 2.60 bits per heavy atom. The van der Waals surface area contributed by atoms with Crippen molar-refractivity contribution in [3.8, 4) is 0 Å². The van der Waals surface area contributed by atoms with Crippen molar-refractivity contribution in [3.63, 3.8) is 0 Å². The van der Waals surface area contributed by atoms with Crippen LogP contribution in [0.25, 0.3) is 0 Å². The number of rotatable bonds is 3. The van der Waals surface area contributed by atoms with E-state index < -0.39 is 15.1 Å². The van der Waals surface area contributed by atoms with Gasteiger partial charge >= 0.3 is 0 Å². The summed E-state index contributed by atoms with van der Waals surface area (Å²) < 4.78 is 29.1. The Hall–Kier alpha value is -0.420. The summed E-state index contributed by atoms with van der Waals surface area (Å²) in [7, 11) is -3.27. The maximum atomic E-state index is 11.9. The van der Waals surface area contributed by atoms with E-state index in [1.165, 1.54) is 0 Å². The van der Waals surface area contributed by atoms with E-state index in [0.717, 1.165) is 12.8 Å². The van der Waals surface area contributed by atoms with Gasteiger partial charge in [-0.3, -0.25) is 4.79 Å². The summed E-state index contributed by atoms with van der Waals surface area (Å²) in [5.74, 6) is -0.0725. The smallest absolute Gasteiger partial charge is 0.162 e. The molecule has 0 aromatic carbocycles. The summed E-state index contributed by atoms with van der Waals surface area (Å²) >= 11 is 0. The first kappa shape index (κ1) is 11.1. The second kappa shape index (κ2) is 4.22. The van der Waals surface area contributed by atoms with E-state index in [-0.39, 0.29) is 17.6 Å². The number of Topliss-reactive ketones (excluding diaryl/α,β-unsaturated/α-hetero) is 1. The van der Waals surface area contributed by atoms with Crippen LogP contribution in [0.1, 0.15) is 32.1 Å². The molecular weight excluding hydrogens is 216 g/mol. The minimum Gasteiger partial charge on any atom is -0.377 e. The van der Waals surface area contributed by atoms with Crippen LogP contribution in [0.5, 0.6) is 0 Å². The molecule has 0 amide bonds. The number of carbonyl (C=O) groups is 1. The van der Waals surface area contributed by atoms with Gasteiger partial charge in [-0.15, -0.1) is 0 Å². The minimum absolute atomic E-state index is 0.0312. The second-order valence-corrected chi connectivity index (χ2v) is 6.54. The summed E-state index contributed by atoms with van der Waals surface area (Å²) in [5, 5.41) is -0.735. The van der Waals surface area contributed by atoms with Crippen LogP contribution in [0.4, 0.5) is 0 Å². The maximum Gasteiger partial charge on any atom is 0.162 e. The van der Waals surface area contributed by atoms with E-state index >= 15 is 0 Å². The molecular formula is C10H16O4S. The number of sulfone groups is 1. The average molecular weight is 232 g/mol. The Morgan fingerprint density at radius 1 is 1.27 bits per heavy atom. The standard InChI is InChI=1S/C10H16O4S/c11-9-4-1-5-10(9)15(12,13)7-8-3-2-6-14-8/h8,10H,1-7H2. The van der Waals surface area contributed by atoms with Gasteiger partial charge in [0, 0.05) is 13.0 Å². The lowest BCUT2D eigenvalue weighted by Gasteiger charge is -2.13. The van der Waals surface area contributed by atoms with Gasteiger partial charge in [-0.25, -0.2) is 8.42 Å². The highest BCUT2D eigenvalue weighted by Crippen LogP contribution is 2.24. The highest BCUT2D eigenvalue weighted by molar-refractivity contribution is 7.92. The Labute approximate surface area is 89.9 Å². The number of hydrogen-bond donors (Lipinski definition) is 0. The summed E-state index contributed by atoms with van der Waals surface area (Å²) in [6, 6.07) is 0. The predicted molar refractivity (Wildman–Crippen MR) is 55.4 cm³/mol. The molecule has 0 N–H and O–H groups in total. The fourth-order valence-corrected chi connectivity index (χ4v) is 4.37. The molecule has 1 aliphatic heterocycles. The van der Waals surface area contributed by atoms with Crippen LogP contribution in [-0.2, 0) is 19.4 Å². The molecule has 0 radical (unpaired) electrons. The van der Waals surface area contributed by atoms with Crippen LogP contribution < -0.4 is 0 Å². The van der Waals surface area contributed by atoms with E-state index in [1.807, 2.05) is 0 Å². The first-order valence-electron chi connectivity index (χ1n) is 5.45. The van der Waals surface area contributed by atoms with Crippen molar-refractivity contribution >= 4 is 15.6 Å². The van der Waals surface area contributed by atoms with E-state index in [9.17, 15) is 13.2 Å². The molecule has 1 heterocycles. The van der Waals surface area contributed by atoms with Crippen LogP contribution in [0.2, 0.25) is 0 Å². The van der Waals surface area contributed by atoms with E-state index in [1.54, 1.807) is 0 Å². The molecule has 15 heavy (non-hydrogen) atoms. The van der Waals surface area contributed by atoms with Crippen molar-refractivity contribution in [2.75, 3.05) is 12.4 Å². The fraction of sp³-hybridized carbons (Fsp3) is 0.900. The maximum absolute atomic E-state index is 11.9. The van der Waals surface area contributed by atoms with Crippen molar-refractivity contribution in [2.24, 2.45) is 0 Å². The van der Waals surface area contributed by atoms with Crippen LogP contribution in [0.15, 0.2) is 0 Å². The average Bonchev–Trinajstić information content (AvgIpc) is 2.75. The summed E-state index contributed by atoms with van der Waals surface area (Å²) in [6.07, 6.45) is 3.21. The van der Waals surface area contributed by atoms with Crippen molar-refractivity contribution in [1.29, 1.82) is 0 Å². The van der Waals surface area contributed by atoms with Crippen molar-refractivity contribution in [1.82, 2.24) is 0 Å². The van der Waals surface area contributed by atoms with Gasteiger partial charge in [-0.1, -0.05) is 0 Å². The van der Waals surface area contributed by atoms with E-state index in [2.05, 4.69) is 0 Å². The van der Waals surface area contributed by atoms with Crippen molar-refractivity contribution < 1.29 is 17.9 Å². The molecule has 1 saturated heterocycles. The molecule has 0 spiro atoms. The van der Waals surface area contributed by atoms with Crippen LogP contribution in [0, 0.1) is 0 Å².